The van der Waals surface area contributed by atoms with E-state index in [0.29, 0.717) is 0 Å². The second kappa shape index (κ2) is 2.64. The van der Waals surface area contributed by atoms with Gasteiger partial charge in [-0.1, -0.05) is 18.2 Å². The molecule has 1 aromatic carbocycles. The zero-order chi connectivity index (χ0) is 8.55. The molecule has 0 radical (unpaired) electrons. The summed E-state index contributed by atoms with van der Waals surface area (Å²) >= 11 is 0. The minimum absolute atomic E-state index is 0.746. The second-order valence-electron chi connectivity index (χ2n) is 2.90. The first-order valence-electron chi connectivity index (χ1n) is 3.89. The number of rotatable bonds is 0. The Bertz CT molecular complexity index is 328. The third-order valence-corrected chi connectivity index (χ3v) is 1.93. The lowest BCUT2D eigenvalue weighted by molar-refractivity contribution is 0.0130. The molecule has 1 aliphatic rings. The maximum absolute atomic E-state index is 9.33. The predicted octanol–water partition coefficient (Wildman–Crippen LogP) is 1.80. The van der Waals surface area contributed by atoms with E-state index in [9.17, 15) is 5.11 Å². The van der Waals surface area contributed by atoms with Gasteiger partial charge in [0.25, 0.3) is 0 Å². The number of para-hydroxylation sites is 1. The van der Waals surface area contributed by atoms with Crippen molar-refractivity contribution in [3.05, 3.63) is 35.4 Å². The lowest BCUT2D eigenvalue weighted by Gasteiger charge is -2.20. The van der Waals surface area contributed by atoms with E-state index < -0.39 is 6.29 Å². The molecule has 0 amide bonds. The van der Waals surface area contributed by atoms with Gasteiger partial charge in [-0.2, -0.15) is 0 Å². The largest absolute Gasteiger partial charge is 0.461 e. The molecule has 2 rings (SSSR count). The smallest absolute Gasteiger partial charge is 0.220 e. The molecule has 12 heavy (non-hydrogen) atoms. The van der Waals surface area contributed by atoms with Crippen LogP contribution in [0.1, 0.15) is 12.5 Å². The molecule has 1 aromatic rings. The lowest BCUT2D eigenvalue weighted by Crippen LogP contribution is -2.20. The molecule has 0 saturated heterocycles. The standard InChI is InChI=1S/C10H10O2/c1-7-6-8-4-2-3-5-9(8)12-10(7)11/h2-6,10-11H,1H3. The summed E-state index contributed by atoms with van der Waals surface area (Å²) in [6, 6.07) is 7.65. The van der Waals surface area contributed by atoms with E-state index in [-0.39, 0.29) is 0 Å². The number of fused-ring (bicyclic) bond motifs is 1. The highest BCUT2D eigenvalue weighted by Crippen LogP contribution is 2.27. The molecule has 1 aliphatic heterocycles. The van der Waals surface area contributed by atoms with Gasteiger partial charge in [-0.05, 0) is 24.6 Å². The Labute approximate surface area is 71.1 Å². The molecule has 0 aliphatic carbocycles. The molecule has 0 spiro atoms. The van der Waals surface area contributed by atoms with Gasteiger partial charge < -0.3 is 9.84 Å². The van der Waals surface area contributed by atoms with E-state index in [1.807, 2.05) is 37.3 Å². The first-order valence-corrected chi connectivity index (χ1v) is 3.89. The van der Waals surface area contributed by atoms with Crippen molar-refractivity contribution in [1.82, 2.24) is 0 Å². The Balaban J connectivity index is 2.49. The number of benzene rings is 1. The van der Waals surface area contributed by atoms with Crippen LogP contribution < -0.4 is 4.74 Å². The Kier molecular flexibility index (Phi) is 1.62. The third-order valence-electron chi connectivity index (χ3n) is 1.93. The van der Waals surface area contributed by atoms with Crippen LogP contribution in [0.4, 0.5) is 0 Å². The predicted molar refractivity (Wildman–Crippen MR) is 46.7 cm³/mol. The number of aliphatic hydroxyl groups excluding tert-OH is 1. The van der Waals surface area contributed by atoms with Crippen LogP contribution in [0, 0.1) is 0 Å². The fraction of sp³-hybridized carbons (Fsp3) is 0.200. The highest BCUT2D eigenvalue weighted by Gasteiger charge is 2.15. The van der Waals surface area contributed by atoms with Crippen molar-refractivity contribution in [3.63, 3.8) is 0 Å². The van der Waals surface area contributed by atoms with Gasteiger partial charge in [-0.3, -0.25) is 0 Å². The Morgan fingerprint density at radius 3 is 2.92 bits per heavy atom. The number of ether oxygens (including phenoxy) is 1. The van der Waals surface area contributed by atoms with E-state index in [0.717, 1.165) is 16.9 Å². The van der Waals surface area contributed by atoms with E-state index in [4.69, 9.17) is 4.74 Å². The van der Waals surface area contributed by atoms with Crippen LogP contribution in [0.5, 0.6) is 5.75 Å². The van der Waals surface area contributed by atoms with E-state index in [2.05, 4.69) is 0 Å². The van der Waals surface area contributed by atoms with Gasteiger partial charge in [0.05, 0.1) is 0 Å². The van der Waals surface area contributed by atoms with Crippen LogP contribution in [0.15, 0.2) is 29.8 Å². The van der Waals surface area contributed by atoms with Crippen LogP contribution in [-0.4, -0.2) is 11.4 Å². The average Bonchev–Trinajstić information content (AvgIpc) is 2.07. The van der Waals surface area contributed by atoms with Gasteiger partial charge in [0.15, 0.2) is 0 Å². The Morgan fingerprint density at radius 2 is 2.08 bits per heavy atom. The molecular weight excluding hydrogens is 152 g/mol. The first-order chi connectivity index (χ1) is 5.77. The maximum atomic E-state index is 9.33. The summed E-state index contributed by atoms with van der Waals surface area (Å²) in [7, 11) is 0. The summed E-state index contributed by atoms with van der Waals surface area (Å²) in [6.07, 6.45) is 1.16. The number of hydrogen-bond donors (Lipinski definition) is 1. The number of hydrogen-bond acceptors (Lipinski definition) is 2. The highest BCUT2D eigenvalue weighted by molar-refractivity contribution is 5.61. The monoisotopic (exact) mass is 162 g/mol. The topological polar surface area (TPSA) is 29.5 Å². The van der Waals surface area contributed by atoms with Gasteiger partial charge in [0, 0.05) is 5.56 Å². The van der Waals surface area contributed by atoms with Gasteiger partial charge in [0.2, 0.25) is 6.29 Å². The first kappa shape index (κ1) is 7.37. The van der Waals surface area contributed by atoms with Gasteiger partial charge in [-0.15, -0.1) is 0 Å². The Morgan fingerprint density at radius 1 is 1.33 bits per heavy atom. The quantitative estimate of drug-likeness (QED) is 0.630. The van der Waals surface area contributed by atoms with Crippen molar-refractivity contribution in [2.75, 3.05) is 0 Å². The van der Waals surface area contributed by atoms with E-state index in [1.165, 1.54) is 0 Å². The molecule has 2 nitrogen and oxygen atoms in total. The van der Waals surface area contributed by atoms with Crippen molar-refractivity contribution in [2.45, 2.75) is 13.2 Å². The molecular formula is C10H10O2. The van der Waals surface area contributed by atoms with Crippen LogP contribution in [0.2, 0.25) is 0 Å². The van der Waals surface area contributed by atoms with Gasteiger partial charge >= 0.3 is 0 Å². The minimum atomic E-state index is -0.778. The highest BCUT2D eigenvalue weighted by atomic mass is 16.6. The summed E-state index contributed by atoms with van der Waals surface area (Å²) in [4.78, 5) is 0. The summed E-state index contributed by atoms with van der Waals surface area (Å²) < 4.78 is 5.23. The fourth-order valence-electron chi connectivity index (χ4n) is 1.24. The summed E-state index contributed by atoms with van der Waals surface area (Å²) in [5.74, 6) is 0.746. The Hall–Kier alpha value is -1.28. The summed E-state index contributed by atoms with van der Waals surface area (Å²) in [5.41, 5.74) is 1.87. The zero-order valence-electron chi connectivity index (χ0n) is 6.82. The zero-order valence-corrected chi connectivity index (χ0v) is 6.82. The molecule has 0 bridgehead atoms. The van der Waals surface area contributed by atoms with Crippen molar-refractivity contribution in [1.29, 1.82) is 0 Å². The second-order valence-corrected chi connectivity index (χ2v) is 2.90. The maximum Gasteiger partial charge on any atom is 0.220 e. The molecule has 0 fully saturated rings. The average molecular weight is 162 g/mol. The van der Waals surface area contributed by atoms with E-state index >= 15 is 0 Å². The summed E-state index contributed by atoms with van der Waals surface area (Å²) in [6.45, 7) is 1.85. The molecule has 1 atom stereocenters. The van der Waals surface area contributed by atoms with Crippen molar-refractivity contribution < 1.29 is 9.84 Å². The molecule has 0 saturated carbocycles. The van der Waals surface area contributed by atoms with Crippen LogP contribution in [-0.2, 0) is 0 Å². The van der Waals surface area contributed by atoms with Crippen LogP contribution in [0.3, 0.4) is 0 Å². The molecule has 1 unspecified atom stereocenters. The molecule has 1 N–H and O–H groups in total. The van der Waals surface area contributed by atoms with Crippen molar-refractivity contribution >= 4 is 6.08 Å². The third kappa shape index (κ3) is 1.10. The van der Waals surface area contributed by atoms with Crippen LogP contribution >= 0.6 is 0 Å². The van der Waals surface area contributed by atoms with E-state index in [1.54, 1.807) is 0 Å². The normalized spacial score (nSPS) is 20.8. The molecule has 2 heteroatoms. The number of aliphatic hydroxyl groups is 1. The van der Waals surface area contributed by atoms with Gasteiger partial charge in [-0.25, -0.2) is 0 Å². The van der Waals surface area contributed by atoms with Crippen LogP contribution in [0.25, 0.3) is 6.08 Å². The van der Waals surface area contributed by atoms with Crippen molar-refractivity contribution in [3.8, 4) is 5.75 Å². The SMILES string of the molecule is CC1=Cc2ccccc2OC1O. The summed E-state index contributed by atoms with van der Waals surface area (Å²) in [5, 5.41) is 9.33. The minimum Gasteiger partial charge on any atom is -0.461 e. The lowest BCUT2D eigenvalue weighted by atomic mass is 10.1. The molecule has 1 heterocycles. The van der Waals surface area contributed by atoms with Crippen molar-refractivity contribution in [2.24, 2.45) is 0 Å². The molecule has 62 valence electrons. The van der Waals surface area contributed by atoms with Gasteiger partial charge in [0.1, 0.15) is 5.75 Å². The fourth-order valence-corrected chi connectivity index (χ4v) is 1.24. The molecule has 0 aromatic heterocycles.